The third kappa shape index (κ3) is 2.49. The minimum Gasteiger partial charge on any atom is -0.339 e. The van der Waals surface area contributed by atoms with Crippen molar-refractivity contribution in [3.8, 4) is 0 Å². The van der Waals surface area contributed by atoms with E-state index in [9.17, 15) is 4.79 Å². The molecule has 2 aliphatic carbocycles. The summed E-state index contributed by atoms with van der Waals surface area (Å²) in [5, 5.41) is 0. The van der Waals surface area contributed by atoms with Crippen LogP contribution < -0.4 is 5.73 Å². The highest BCUT2D eigenvalue weighted by molar-refractivity contribution is 5.83. The lowest BCUT2D eigenvalue weighted by Gasteiger charge is -2.40. The number of rotatable bonds is 4. The second-order valence-electron chi connectivity index (χ2n) is 5.99. The Morgan fingerprint density at radius 2 is 1.88 bits per heavy atom. The molecule has 2 aliphatic rings. The monoisotopic (exact) mass is 238 g/mol. The van der Waals surface area contributed by atoms with Crippen molar-refractivity contribution >= 4 is 5.91 Å². The number of hydrogen-bond donors (Lipinski definition) is 1. The highest BCUT2D eigenvalue weighted by atomic mass is 16.2. The van der Waals surface area contributed by atoms with Crippen molar-refractivity contribution in [2.45, 2.75) is 58.4 Å². The van der Waals surface area contributed by atoms with Gasteiger partial charge in [-0.1, -0.05) is 6.92 Å². The molecule has 2 fully saturated rings. The van der Waals surface area contributed by atoms with Gasteiger partial charge < -0.3 is 10.6 Å². The lowest BCUT2D eigenvalue weighted by atomic mass is 9.70. The van der Waals surface area contributed by atoms with Crippen LogP contribution >= 0.6 is 0 Å². The van der Waals surface area contributed by atoms with Gasteiger partial charge in [0.1, 0.15) is 0 Å². The molecule has 2 N–H and O–H groups in total. The van der Waals surface area contributed by atoms with Gasteiger partial charge in [-0.15, -0.1) is 0 Å². The van der Waals surface area contributed by atoms with Gasteiger partial charge >= 0.3 is 0 Å². The Kier molecular flexibility index (Phi) is 3.76. The molecule has 0 saturated heterocycles. The summed E-state index contributed by atoms with van der Waals surface area (Å²) in [6, 6.07) is 0.523. The zero-order chi connectivity index (χ0) is 12.5. The average Bonchev–Trinajstić information content (AvgIpc) is 3.16. The maximum absolute atomic E-state index is 12.7. The number of carbonyl (C=O) groups is 1. The Morgan fingerprint density at radius 1 is 1.29 bits per heavy atom. The van der Waals surface area contributed by atoms with Crippen LogP contribution in [0.3, 0.4) is 0 Å². The standard InChI is InChI=1S/C14H26N2O/c1-3-16(12-4-5-12)13(17)14(10-15)8-6-11(2)7-9-14/h11-12H,3-10,15H2,1-2H3. The minimum absolute atomic E-state index is 0.231. The molecule has 0 aromatic carbocycles. The topological polar surface area (TPSA) is 46.3 Å². The second-order valence-corrected chi connectivity index (χ2v) is 5.99. The minimum atomic E-state index is -0.231. The third-order valence-electron chi connectivity index (χ3n) is 4.66. The molecule has 0 aromatic heterocycles. The molecule has 1 amide bonds. The molecule has 3 nitrogen and oxygen atoms in total. The molecule has 0 aromatic rings. The Morgan fingerprint density at radius 3 is 2.29 bits per heavy atom. The molecule has 0 aliphatic heterocycles. The van der Waals surface area contributed by atoms with E-state index in [4.69, 9.17) is 5.73 Å². The van der Waals surface area contributed by atoms with Gasteiger partial charge in [0.05, 0.1) is 5.41 Å². The van der Waals surface area contributed by atoms with Crippen LogP contribution in [-0.4, -0.2) is 29.9 Å². The van der Waals surface area contributed by atoms with E-state index >= 15 is 0 Å². The molecule has 2 saturated carbocycles. The Labute approximate surface area is 105 Å². The Balaban J connectivity index is 2.08. The summed E-state index contributed by atoms with van der Waals surface area (Å²) in [6.45, 7) is 5.75. The molecule has 2 rings (SSSR count). The van der Waals surface area contributed by atoms with E-state index in [2.05, 4.69) is 18.7 Å². The van der Waals surface area contributed by atoms with Crippen molar-refractivity contribution in [1.82, 2.24) is 4.90 Å². The lowest BCUT2D eigenvalue weighted by Crippen LogP contribution is -2.50. The average molecular weight is 238 g/mol. The molecule has 0 unspecified atom stereocenters. The van der Waals surface area contributed by atoms with Crippen molar-refractivity contribution in [1.29, 1.82) is 0 Å². The van der Waals surface area contributed by atoms with Gasteiger partial charge in [0, 0.05) is 19.1 Å². The number of hydrogen-bond acceptors (Lipinski definition) is 2. The van der Waals surface area contributed by atoms with Crippen molar-refractivity contribution < 1.29 is 4.79 Å². The maximum Gasteiger partial charge on any atom is 0.230 e. The van der Waals surface area contributed by atoms with E-state index in [-0.39, 0.29) is 5.41 Å². The molecule has 0 heterocycles. The van der Waals surface area contributed by atoms with E-state index in [0.29, 0.717) is 18.5 Å². The number of amides is 1. The van der Waals surface area contributed by atoms with Gasteiger partial charge in [-0.05, 0) is 51.4 Å². The van der Waals surface area contributed by atoms with E-state index < -0.39 is 0 Å². The summed E-state index contributed by atoms with van der Waals surface area (Å²) in [6.07, 6.45) is 6.68. The van der Waals surface area contributed by atoms with Gasteiger partial charge in [-0.25, -0.2) is 0 Å². The van der Waals surface area contributed by atoms with Crippen LogP contribution in [0.2, 0.25) is 0 Å². The van der Waals surface area contributed by atoms with Crippen LogP contribution in [0.5, 0.6) is 0 Å². The molecule has 0 atom stereocenters. The molecular weight excluding hydrogens is 212 g/mol. The fraction of sp³-hybridized carbons (Fsp3) is 0.929. The first-order valence-corrected chi connectivity index (χ1v) is 7.14. The first-order chi connectivity index (χ1) is 8.13. The van der Waals surface area contributed by atoms with Crippen molar-refractivity contribution in [3.63, 3.8) is 0 Å². The predicted octanol–water partition coefficient (Wildman–Crippen LogP) is 2.15. The number of nitrogens with zero attached hydrogens (tertiary/aromatic N) is 1. The second kappa shape index (κ2) is 4.97. The summed E-state index contributed by atoms with van der Waals surface area (Å²) >= 11 is 0. The third-order valence-corrected chi connectivity index (χ3v) is 4.66. The first-order valence-electron chi connectivity index (χ1n) is 7.14. The van der Waals surface area contributed by atoms with Gasteiger partial charge in [-0.3, -0.25) is 4.79 Å². The predicted molar refractivity (Wildman–Crippen MR) is 69.5 cm³/mol. The van der Waals surface area contributed by atoms with Gasteiger partial charge in [0.2, 0.25) is 5.91 Å². The highest BCUT2D eigenvalue weighted by Gasteiger charge is 2.45. The number of nitrogens with two attached hydrogens (primary N) is 1. The normalized spacial score (nSPS) is 33.5. The molecule has 3 heteroatoms. The van der Waals surface area contributed by atoms with Gasteiger partial charge in [0.15, 0.2) is 0 Å². The molecule has 0 spiro atoms. The van der Waals surface area contributed by atoms with Crippen LogP contribution in [-0.2, 0) is 4.79 Å². The summed E-state index contributed by atoms with van der Waals surface area (Å²) in [4.78, 5) is 14.8. The van der Waals surface area contributed by atoms with Crippen LogP contribution in [0.15, 0.2) is 0 Å². The van der Waals surface area contributed by atoms with Crippen LogP contribution in [0, 0.1) is 11.3 Å². The fourth-order valence-electron chi connectivity index (χ4n) is 3.08. The first kappa shape index (κ1) is 12.9. The SMILES string of the molecule is CCN(C(=O)C1(CN)CCC(C)CC1)C1CC1. The van der Waals surface area contributed by atoms with Crippen molar-refractivity contribution in [3.05, 3.63) is 0 Å². The zero-order valence-electron chi connectivity index (χ0n) is 11.2. The molecule has 17 heavy (non-hydrogen) atoms. The van der Waals surface area contributed by atoms with Crippen LogP contribution in [0.25, 0.3) is 0 Å². The quantitative estimate of drug-likeness (QED) is 0.815. The maximum atomic E-state index is 12.7. The molecule has 0 bridgehead atoms. The van der Waals surface area contributed by atoms with Crippen LogP contribution in [0.4, 0.5) is 0 Å². The molecule has 0 radical (unpaired) electrons. The summed E-state index contributed by atoms with van der Waals surface area (Å²) in [5.74, 6) is 1.11. The zero-order valence-corrected chi connectivity index (χ0v) is 11.2. The fourth-order valence-corrected chi connectivity index (χ4v) is 3.08. The molecule has 98 valence electrons. The molecular formula is C14H26N2O. The van der Waals surface area contributed by atoms with Gasteiger partial charge in [-0.2, -0.15) is 0 Å². The Hall–Kier alpha value is -0.570. The summed E-state index contributed by atoms with van der Waals surface area (Å²) in [5.41, 5.74) is 5.72. The highest BCUT2D eigenvalue weighted by Crippen LogP contribution is 2.41. The van der Waals surface area contributed by atoms with Crippen molar-refractivity contribution in [2.75, 3.05) is 13.1 Å². The lowest BCUT2D eigenvalue weighted by molar-refractivity contribution is -0.144. The van der Waals surface area contributed by atoms with Crippen molar-refractivity contribution in [2.24, 2.45) is 17.1 Å². The van der Waals surface area contributed by atoms with Crippen LogP contribution in [0.1, 0.15) is 52.4 Å². The summed E-state index contributed by atoms with van der Waals surface area (Å²) in [7, 11) is 0. The largest absolute Gasteiger partial charge is 0.339 e. The van der Waals surface area contributed by atoms with E-state index in [0.717, 1.165) is 38.1 Å². The Bertz CT molecular complexity index is 278. The smallest absolute Gasteiger partial charge is 0.230 e. The van der Waals surface area contributed by atoms with E-state index in [1.54, 1.807) is 0 Å². The number of carbonyl (C=O) groups excluding carboxylic acids is 1. The van der Waals surface area contributed by atoms with E-state index in [1.807, 2.05) is 0 Å². The summed E-state index contributed by atoms with van der Waals surface area (Å²) < 4.78 is 0. The van der Waals surface area contributed by atoms with E-state index in [1.165, 1.54) is 12.8 Å². The van der Waals surface area contributed by atoms with Gasteiger partial charge in [0.25, 0.3) is 0 Å².